The number of methoxy groups -OCH3 is 1. The lowest BCUT2D eigenvalue weighted by molar-refractivity contribution is -0.116. The first-order valence-corrected chi connectivity index (χ1v) is 13.0. The largest absolute Gasteiger partial charge is 0.495 e. The van der Waals surface area contributed by atoms with Crippen LogP contribution in [0.25, 0.3) is 11.3 Å². The van der Waals surface area contributed by atoms with Gasteiger partial charge in [-0.1, -0.05) is 41.9 Å². The number of amides is 1. The van der Waals surface area contributed by atoms with Crippen LogP contribution in [0.5, 0.6) is 5.75 Å². The monoisotopic (exact) mass is 546 g/mol. The number of rotatable bonds is 8. The van der Waals surface area contributed by atoms with Gasteiger partial charge in [-0.25, -0.2) is 0 Å². The molecule has 4 aromatic rings. The predicted octanol–water partition coefficient (Wildman–Crippen LogP) is 6.31. The molecule has 1 fully saturated rings. The second kappa shape index (κ2) is 11.2. The van der Waals surface area contributed by atoms with Gasteiger partial charge in [-0.15, -0.1) is 0 Å². The Hall–Kier alpha value is -3.88. The molecule has 2 atom stereocenters. The standard InChI is InChI=1S/C29H27ClN4O3S/c1-18-10-11-19(17-20(18)30)23-12-13-25(37-23)28-27(22-8-5-6-15-31-22)33-29(38)34(28)16-14-26(35)32-21-7-3-4-9-24(21)36-2/h3-13,15,17,27-28H,14,16H2,1-2H3,(H,32,35)(H,33,38)/t27-,28-/m0/s1. The molecule has 0 aliphatic carbocycles. The van der Waals surface area contributed by atoms with Gasteiger partial charge in [0.1, 0.15) is 23.3 Å². The Morgan fingerprint density at radius 3 is 2.74 bits per heavy atom. The summed E-state index contributed by atoms with van der Waals surface area (Å²) in [5, 5.41) is 7.53. The van der Waals surface area contributed by atoms with Gasteiger partial charge in [0.05, 0.1) is 24.5 Å². The minimum Gasteiger partial charge on any atom is -0.495 e. The van der Waals surface area contributed by atoms with Crippen LogP contribution in [0.3, 0.4) is 0 Å². The van der Waals surface area contributed by atoms with Crippen molar-refractivity contribution in [1.29, 1.82) is 0 Å². The van der Waals surface area contributed by atoms with Crippen LogP contribution in [0.4, 0.5) is 5.69 Å². The van der Waals surface area contributed by atoms with E-state index in [2.05, 4.69) is 15.6 Å². The number of aromatic nitrogens is 1. The second-order valence-corrected chi connectivity index (χ2v) is 9.78. The molecule has 0 saturated carbocycles. The highest BCUT2D eigenvalue weighted by molar-refractivity contribution is 7.80. The van der Waals surface area contributed by atoms with E-state index < -0.39 is 0 Å². The van der Waals surface area contributed by atoms with E-state index in [0.717, 1.165) is 16.8 Å². The van der Waals surface area contributed by atoms with Gasteiger partial charge >= 0.3 is 0 Å². The Labute approximate surface area is 231 Å². The van der Waals surface area contributed by atoms with E-state index >= 15 is 0 Å². The van der Waals surface area contributed by atoms with E-state index in [4.69, 9.17) is 33.0 Å². The van der Waals surface area contributed by atoms with Crippen molar-refractivity contribution in [2.24, 2.45) is 0 Å². The molecular formula is C29H27ClN4O3S. The third-order valence-corrected chi connectivity index (χ3v) is 7.29. The average molecular weight is 547 g/mol. The van der Waals surface area contributed by atoms with E-state index in [-0.39, 0.29) is 24.4 Å². The molecule has 1 aliphatic heterocycles. The highest BCUT2D eigenvalue weighted by Gasteiger charge is 2.41. The third-order valence-electron chi connectivity index (χ3n) is 6.53. The number of carbonyl (C=O) groups excluding carboxylic acids is 1. The lowest BCUT2D eigenvalue weighted by Gasteiger charge is -2.26. The minimum absolute atomic E-state index is 0.147. The molecule has 1 saturated heterocycles. The zero-order valence-electron chi connectivity index (χ0n) is 21.0. The summed E-state index contributed by atoms with van der Waals surface area (Å²) in [6, 6.07) is 22.3. The van der Waals surface area contributed by atoms with Crippen LogP contribution in [0.1, 0.15) is 35.5 Å². The van der Waals surface area contributed by atoms with Crippen molar-refractivity contribution >= 4 is 40.5 Å². The molecule has 0 unspecified atom stereocenters. The molecule has 2 aromatic carbocycles. The molecule has 7 nitrogen and oxygen atoms in total. The van der Waals surface area contributed by atoms with Crippen molar-refractivity contribution in [2.75, 3.05) is 19.0 Å². The molecule has 1 amide bonds. The normalized spacial score (nSPS) is 16.8. The third kappa shape index (κ3) is 5.37. The first-order chi connectivity index (χ1) is 18.4. The van der Waals surface area contributed by atoms with Crippen molar-refractivity contribution in [3.63, 3.8) is 0 Å². The fraction of sp³-hybridized carbons (Fsp3) is 0.207. The maximum absolute atomic E-state index is 12.9. The molecule has 2 N–H and O–H groups in total. The first-order valence-electron chi connectivity index (χ1n) is 12.2. The molecule has 0 bridgehead atoms. The zero-order chi connectivity index (χ0) is 26.6. The predicted molar refractivity (Wildman–Crippen MR) is 152 cm³/mol. The SMILES string of the molecule is COc1ccccc1NC(=O)CCN1C(=S)N[C@@H](c2ccccn2)[C@@H]1c1ccc(-c2ccc(C)c(Cl)c2)o1. The summed E-state index contributed by atoms with van der Waals surface area (Å²) in [5.41, 5.74) is 3.34. The van der Waals surface area contributed by atoms with Gasteiger partial charge in [-0.05, 0) is 67.2 Å². The molecule has 194 valence electrons. The summed E-state index contributed by atoms with van der Waals surface area (Å²) in [4.78, 5) is 19.4. The van der Waals surface area contributed by atoms with E-state index in [1.807, 2.05) is 72.5 Å². The molecule has 5 rings (SSSR count). The molecule has 2 aromatic heterocycles. The van der Waals surface area contributed by atoms with Crippen LogP contribution in [-0.4, -0.2) is 34.6 Å². The number of thiocarbonyl (C=S) groups is 1. The fourth-order valence-electron chi connectivity index (χ4n) is 4.55. The average Bonchev–Trinajstić information content (AvgIpc) is 3.54. The van der Waals surface area contributed by atoms with Crippen LogP contribution >= 0.6 is 23.8 Å². The lowest BCUT2D eigenvalue weighted by Crippen LogP contribution is -2.32. The summed E-state index contributed by atoms with van der Waals surface area (Å²) < 4.78 is 11.7. The molecular weight excluding hydrogens is 520 g/mol. The minimum atomic E-state index is -0.300. The van der Waals surface area contributed by atoms with E-state index in [1.165, 1.54) is 0 Å². The van der Waals surface area contributed by atoms with E-state index in [1.54, 1.807) is 25.4 Å². The Morgan fingerprint density at radius 1 is 1.16 bits per heavy atom. The number of ether oxygens (including phenoxy) is 1. The lowest BCUT2D eigenvalue weighted by atomic mass is 10.0. The summed E-state index contributed by atoms with van der Waals surface area (Å²) >= 11 is 12.1. The van der Waals surface area contributed by atoms with E-state index in [0.29, 0.717) is 39.6 Å². The summed E-state index contributed by atoms with van der Waals surface area (Å²) in [6.45, 7) is 2.34. The molecule has 38 heavy (non-hydrogen) atoms. The number of aryl methyl sites for hydroxylation is 1. The number of halogens is 1. The number of anilines is 1. The number of nitrogens with zero attached hydrogens (tertiary/aromatic N) is 2. The van der Waals surface area contributed by atoms with Crippen molar-refractivity contribution in [1.82, 2.24) is 15.2 Å². The number of pyridine rings is 1. The summed E-state index contributed by atoms with van der Waals surface area (Å²) in [7, 11) is 1.57. The van der Waals surface area contributed by atoms with Gasteiger partial charge in [-0.2, -0.15) is 0 Å². The Morgan fingerprint density at radius 2 is 1.97 bits per heavy atom. The van der Waals surface area contributed by atoms with Crippen molar-refractivity contribution in [2.45, 2.75) is 25.4 Å². The number of furan rings is 1. The molecule has 9 heteroatoms. The van der Waals surface area contributed by atoms with E-state index in [9.17, 15) is 4.79 Å². The second-order valence-electron chi connectivity index (χ2n) is 8.98. The molecule has 0 spiro atoms. The first kappa shape index (κ1) is 25.8. The quantitative estimate of drug-likeness (QED) is 0.251. The van der Waals surface area contributed by atoms with Crippen molar-refractivity contribution < 1.29 is 13.9 Å². The highest BCUT2D eigenvalue weighted by atomic mass is 35.5. The van der Waals surface area contributed by atoms with Gasteiger partial charge in [-0.3, -0.25) is 9.78 Å². The smallest absolute Gasteiger partial charge is 0.226 e. The van der Waals surface area contributed by atoms with Gasteiger partial charge in [0, 0.05) is 29.7 Å². The van der Waals surface area contributed by atoms with Crippen LogP contribution in [0.15, 0.2) is 83.4 Å². The number of hydrogen-bond donors (Lipinski definition) is 2. The van der Waals surface area contributed by atoms with Crippen LogP contribution < -0.4 is 15.4 Å². The van der Waals surface area contributed by atoms with Crippen LogP contribution in [-0.2, 0) is 4.79 Å². The Balaban J connectivity index is 1.40. The van der Waals surface area contributed by atoms with Gasteiger partial charge in [0.15, 0.2) is 5.11 Å². The zero-order valence-corrected chi connectivity index (χ0v) is 22.6. The number of carbonyl (C=O) groups is 1. The summed E-state index contributed by atoms with van der Waals surface area (Å²) in [6.07, 6.45) is 1.97. The molecule has 1 aliphatic rings. The maximum Gasteiger partial charge on any atom is 0.226 e. The number of hydrogen-bond acceptors (Lipinski definition) is 5. The number of benzene rings is 2. The van der Waals surface area contributed by atoms with Gasteiger partial charge in [0.25, 0.3) is 0 Å². The fourth-order valence-corrected chi connectivity index (χ4v) is 5.06. The van der Waals surface area contributed by atoms with Crippen LogP contribution in [0, 0.1) is 6.92 Å². The number of nitrogens with one attached hydrogen (secondary N) is 2. The molecule has 0 radical (unpaired) electrons. The van der Waals surface area contributed by atoms with Gasteiger partial charge in [0.2, 0.25) is 5.91 Å². The van der Waals surface area contributed by atoms with Crippen LogP contribution in [0.2, 0.25) is 5.02 Å². The van der Waals surface area contributed by atoms with Crippen molar-refractivity contribution in [3.05, 3.63) is 101 Å². The topological polar surface area (TPSA) is 79.6 Å². The highest BCUT2D eigenvalue weighted by Crippen LogP contribution is 2.40. The Bertz CT molecular complexity index is 1460. The maximum atomic E-state index is 12.9. The van der Waals surface area contributed by atoms with Crippen molar-refractivity contribution in [3.8, 4) is 17.1 Å². The number of para-hydroxylation sites is 2. The van der Waals surface area contributed by atoms with Gasteiger partial charge < -0.3 is 24.7 Å². The Kier molecular flexibility index (Phi) is 7.62. The summed E-state index contributed by atoms with van der Waals surface area (Å²) in [5.74, 6) is 1.87. The molecule has 3 heterocycles.